The maximum atomic E-state index is 13.3. The third kappa shape index (κ3) is 5.03. The molecule has 1 fully saturated rings. The second kappa shape index (κ2) is 10.5. The summed E-state index contributed by atoms with van der Waals surface area (Å²) in [5, 5.41) is 12.3. The number of hydrogen-bond acceptors (Lipinski definition) is 5. The van der Waals surface area contributed by atoms with Gasteiger partial charge in [0.15, 0.2) is 0 Å². The lowest BCUT2D eigenvalue weighted by Gasteiger charge is -2.41. The zero-order valence-corrected chi connectivity index (χ0v) is 20.3. The molecule has 1 aliphatic carbocycles. The van der Waals surface area contributed by atoms with E-state index in [1.165, 1.54) is 12.0 Å². The molecule has 1 aliphatic heterocycles. The number of ether oxygens (including phenoxy) is 2. The number of amides is 2. The van der Waals surface area contributed by atoms with Crippen LogP contribution in [0.25, 0.3) is 11.1 Å². The predicted molar refractivity (Wildman–Crippen MR) is 130 cm³/mol. The molecule has 8 nitrogen and oxygen atoms in total. The molecule has 2 aromatic rings. The Hall–Kier alpha value is -3.39. The van der Waals surface area contributed by atoms with Gasteiger partial charge in [-0.2, -0.15) is 0 Å². The van der Waals surface area contributed by atoms with Crippen molar-refractivity contribution in [1.82, 2.24) is 10.2 Å². The van der Waals surface area contributed by atoms with Gasteiger partial charge in [0.2, 0.25) is 5.91 Å². The van der Waals surface area contributed by atoms with Crippen molar-refractivity contribution >= 4 is 18.0 Å². The summed E-state index contributed by atoms with van der Waals surface area (Å²) >= 11 is 0. The van der Waals surface area contributed by atoms with E-state index >= 15 is 0 Å². The van der Waals surface area contributed by atoms with Crippen molar-refractivity contribution in [2.75, 3.05) is 26.9 Å². The van der Waals surface area contributed by atoms with E-state index in [-0.39, 0.29) is 31.0 Å². The molecule has 0 aromatic heterocycles. The fourth-order valence-corrected chi connectivity index (χ4v) is 5.52. The summed E-state index contributed by atoms with van der Waals surface area (Å²) in [4.78, 5) is 39.4. The number of nitrogens with one attached hydrogen (secondary N) is 1. The Morgan fingerprint density at radius 1 is 1.06 bits per heavy atom. The summed E-state index contributed by atoms with van der Waals surface area (Å²) in [5.74, 6) is -1.67. The van der Waals surface area contributed by atoms with Gasteiger partial charge in [-0.05, 0) is 40.5 Å². The van der Waals surface area contributed by atoms with E-state index in [0.717, 1.165) is 28.7 Å². The maximum absolute atomic E-state index is 13.3. The van der Waals surface area contributed by atoms with E-state index in [1.807, 2.05) is 50.2 Å². The van der Waals surface area contributed by atoms with E-state index in [0.29, 0.717) is 6.54 Å². The molecular formula is C27H32N2O6. The van der Waals surface area contributed by atoms with Gasteiger partial charge in [-0.3, -0.25) is 4.79 Å². The Morgan fingerprint density at radius 2 is 1.66 bits per heavy atom. The van der Waals surface area contributed by atoms with Gasteiger partial charge in [-0.1, -0.05) is 62.4 Å². The maximum Gasteiger partial charge on any atom is 0.407 e. The van der Waals surface area contributed by atoms with Gasteiger partial charge in [0.1, 0.15) is 18.7 Å². The van der Waals surface area contributed by atoms with Crippen LogP contribution < -0.4 is 5.32 Å². The molecule has 1 heterocycles. The molecule has 0 radical (unpaired) electrons. The Kier molecular flexibility index (Phi) is 7.40. The number of carboxylic acids is 1. The smallest absolute Gasteiger partial charge is 0.407 e. The average molecular weight is 481 g/mol. The standard InChI is InChI=1S/C27H32N2O6/c1-16-12-17(2)24(26(31)32)29(13-16)25(30)23(15-34-3)28-27(33)35-14-22-20-10-6-4-8-18(20)19-9-5-7-11-21(19)22/h4-11,16-17,22-24H,12-15H2,1-3H3,(H,28,33)(H,31,32). The fourth-order valence-electron chi connectivity index (χ4n) is 5.52. The summed E-state index contributed by atoms with van der Waals surface area (Å²) in [6.45, 7) is 4.16. The highest BCUT2D eigenvalue weighted by Crippen LogP contribution is 2.44. The normalized spacial score (nSPS) is 22.1. The Labute approximate surface area is 205 Å². The van der Waals surface area contributed by atoms with Crippen molar-refractivity contribution in [2.24, 2.45) is 11.8 Å². The summed E-state index contributed by atoms with van der Waals surface area (Å²) in [6, 6.07) is 14.1. The Balaban J connectivity index is 1.45. The minimum absolute atomic E-state index is 0.0887. The molecule has 8 heteroatoms. The molecule has 35 heavy (non-hydrogen) atoms. The van der Waals surface area contributed by atoms with Gasteiger partial charge in [-0.25, -0.2) is 9.59 Å². The van der Waals surface area contributed by atoms with E-state index in [4.69, 9.17) is 9.47 Å². The fraction of sp³-hybridized carbons (Fsp3) is 0.444. The Morgan fingerprint density at radius 3 is 2.23 bits per heavy atom. The quantitative estimate of drug-likeness (QED) is 0.629. The van der Waals surface area contributed by atoms with Crippen molar-refractivity contribution in [3.05, 3.63) is 59.7 Å². The largest absolute Gasteiger partial charge is 0.480 e. The molecule has 0 spiro atoms. The number of carbonyl (C=O) groups is 3. The molecule has 2 aromatic carbocycles. The van der Waals surface area contributed by atoms with Crippen LogP contribution in [0.4, 0.5) is 4.79 Å². The third-order valence-corrected chi connectivity index (χ3v) is 6.96. The lowest BCUT2D eigenvalue weighted by Crippen LogP contribution is -2.60. The number of likely N-dealkylation sites (tertiary alicyclic amines) is 1. The van der Waals surface area contributed by atoms with Crippen LogP contribution in [0.3, 0.4) is 0 Å². The molecule has 2 amide bonds. The van der Waals surface area contributed by atoms with Crippen molar-refractivity contribution < 1.29 is 29.0 Å². The van der Waals surface area contributed by atoms with Crippen LogP contribution in [0.1, 0.15) is 37.3 Å². The molecular weight excluding hydrogens is 448 g/mol. The number of fused-ring (bicyclic) bond motifs is 3. The number of hydrogen-bond donors (Lipinski definition) is 2. The van der Waals surface area contributed by atoms with Gasteiger partial charge in [0.05, 0.1) is 6.61 Å². The summed E-state index contributed by atoms with van der Waals surface area (Å²) in [7, 11) is 1.43. The van der Waals surface area contributed by atoms with Gasteiger partial charge in [-0.15, -0.1) is 0 Å². The van der Waals surface area contributed by atoms with Crippen LogP contribution in [0.15, 0.2) is 48.5 Å². The molecule has 0 saturated carbocycles. The zero-order chi connectivity index (χ0) is 25.1. The minimum atomic E-state index is -1.05. The third-order valence-electron chi connectivity index (χ3n) is 6.96. The van der Waals surface area contributed by atoms with Gasteiger partial charge in [0.25, 0.3) is 0 Å². The number of alkyl carbamates (subject to hydrolysis) is 1. The van der Waals surface area contributed by atoms with Crippen LogP contribution in [-0.2, 0) is 19.1 Å². The highest BCUT2D eigenvalue weighted by molar-refractivity contribution is 5.90. The van der Waals surface area contributed by atoms with E-state index in [2.05, 4.69) is 17.4 Å². The van der Waals surface area contributed by atoms with E-state index < -0.39 is 30.1 Å². The summed E-state index contributed by atoms with van der Waals surface area (Å²) in [5.41, 5.74) is 4.42. The molecule has 186 valence electrons. The van der Waals surface area contributed by atoms with Crippen LogP contribution in [0.2, 0.25) is 0 Å². The van der Waals surface area contributed by atoms with Crippen molar-refractivity contribution in [1.29, 1.82) is 0 Å². The van der Waals surface area contributed by atoms with E-state index in [9.17, 15) is 19.5 Å². The topological polar surface area (TPSA) is 105 Å². The number of rotatable bonds is 7. The number of methoxy groups -OCH3 is 1. The number of carboxylic acid groups (broad SMARTS) is 1. The predicted octanol–water partition coefficient (Wildman–Crippen LogP) is 3.50. The Bertz CT molecular complexity index is 1060. The molecule has 0 bridgehead atoms. The van der Waals surface area contributed by atoms with Gasteiger partial charge in [0, 0.05) is 19.6 Å². The highest BCUT2D eigenvalue weighted by atomic mass is 16.5. The first-order chi connectivity index (χ1) is 16.8. The molecule has 1 saturated heterocycles. The van der Waals surface area contributed by atoms with Gasteiger partial charge < -0.3 is 24.8 Å². The molecule has 4 atom stereocenters. The van der Waals surface area contributed by atoms with Crippen LogP contribution >= 0.6 is 0 Å². The summed E-state index contributed by atoms with van der Waals surface area (Å²) < 4.78 is 10.7. The second-order valence-corrected chi connectivity index (χ2v) is 9.57. The molecule has 4 rings (SSSR count). The zero-order valence-electron chi connectivity index (χ0n) is 20.3. The number of carbonyl (C=O) groups excluding carboxylic acids is 2. The minimum Gasteiger partial charge on any atom is -0.480 e. The number of benzene rings is 2. The van der Waals surface area contributed by atoms with E-state index in [1.54, 1.807) is 0 Å². The second-order valence-electron chi connectivity index (χ2n) is 9.57. The monoisotopic (exact) mass is 480 g/mol. The number of aliphatic carboxylic acids is 1. The van der Waals surface area contributed by atoms with Crippen LogP contribution in [0.5, 0.6) is 0 Å². The lowest BCUT2D eigenvalue weighted by atomic mass is 9.84. The molecule has 2 N–H and O–H groups in total. The van der Waals surface area contributed by atoms with Crippen molar-refractivity contribution in [3.63, 3.8) is 0 Å². The number of nitrogens with zero attached hydrogens (tertiary/aromatic N) is 1. The highest BCUT2D eigenvalue weighted by Gasteiger charge is 2.42. The number of piperidine rings is 1. The van der Waals surface area contributed by atoms with Crippen LogP contribution in [0, 0.1) is 11.8 Å². The average Bonchev–Trinajstić information content (AvgIpc) is 3.15. The van der Waals surface area contributed by atoms with Gasteiger partial charge >= 0.3 is 12.1 Å². The van der Waals surface area contributed by atoms with Crippen molar-refractivity contribution in [2.45, 2.75) is 38.3 Å². The molecule has 4 unspecified atom stereocenters. The first-order valence-corrected chi connectivity index (χ1v) is 12.0. The first kappa shape index (κ1) is 24.7. The van der Waals surface area contributed by atoms with Crippen molar-refractivity contribution in [3.8, 4) is 11.1 Å². The molecule has 2 aliphatic rings. The first-order valence-electron chi connectivity index (χ1n) is 12.0. The SMILES string of the molecule is COCC(NC(=O)OCC1c2ccccc2-c2ccccc21)C(=O)N1CC(C)CC(C)C1C(=O)O. The lowest BCUT2D eigenvalue weighted by molar-refractivity contribution is -0.157. The summed E-state index contributed by atoms with van der Waals surface area (Å²) in [6.07, 6.45) is -0.0255. The van der Waals surface area contributed by atoms with Crippen LogP contribution in [-0.4, -0.2) is 66.9 Å².